The van der Waals surface area contributed by atoms with Gasteiger partial charge in [0, 0.05) is 35.5 Å². The first-order valence-corrected chi connectivity index (χ1v) is 8.01. The van der Waals surface area contributed by atoms with Crippen molar-refractivity contribution in [2.45, 2.75) is 66.8 Å². The second-order valence-corrected chi connectivity index (χ2v) is 7.17. The molecule has 0 aliphatic rings. The largest absolute Gasteiger partial charge is 0.496 e. The van der Waals surface area contributed by atoms with E-state index in [1.165, 1.54) is 5.56 Å². The molecule has 0 amide bonds. The van der Waals surface area contributed by atoms with E-state index in [9.17, 15) is 0 Å². The van der Waals surface area contributed by atoms with Crippen LogP contribution >= 0.6 is 0 Å². The minimum atomic E-state index is 0.314. The third-order valence-electron chi connectivity index (χ3n) is 3.73. The zero-order valence-electron chi connectivity index (χ0n) is 14.8. The average Bonchev–Trinajstić information content (AvgIpc) is 2.38. The highest BCUT2D eigenvalue weighted by atomic mass is 16.5. The Bertz CT molecular complexity index is 449. The molecule has 1 heterocycles. The Balaban J connectivity index is 2.92. The molecule has 0 bridgehead atoms. The summed E-state index contributed by atoms with van der Waals surface area (Å²) in [5.41, 5.74) is 3.74. The van der Waals surface area contributed by atoms with Crippen molar-refractivity contribution in [3.8, 4) is 5.75 Å². The van der Waals surface area contributed by atoms with Crippen molar-refractivity contribution in [1.29, 1.82) is 0 Å². The minimum absolute atomic E-state index is 0.314. The molecule has 1 N–H and O–H groups in total. The Hall–Kier alpha value is -1.09. The predicted molar refractivity (Wildman–Crippen MR) is 90.1 cm³/mol. The van der Waals surface area contributed by atoms with Crippen molar-refractivity contribution in [3.63, 3.8) is 0 Å². The summed E-state index contributed by atoms with van der Waals surface area (Å²) < 4.78 is 5.52. The fourth-order valence-electron chi connectivity index (χ4n) is 2.81. The van der Waals surface area contributed by atoms with Crippen molar-refractivity contribution in [1.82, 2.24) is 10.3 Å². The van der Waals surface area contributed by atoms with E-state index in [4.69, 9.17) is 4.74 Å². The quantitative estimate of drug-likeness (QED) is 0.823. The molecule has 1 rings (SSSR count). The molecular weight excluding hydrogens is 260 g/mol. The molecule has 0 radical (unpaired) electrons. The lowest BCUT2D eigenvalue weighted by Gasteiger charge is -2.27. The smallest absolute Gasteiger partial charge is 0.128 e. The molecule has 1 atom stereocenters. The van der Waals surface area contributed by atoms with Gasteiger partial charge in [-0.25, -0.2) is 0 Å². The average molecular weight is 292 g/mol. The number of methoxy groups -OCH3 is 1. The van der Waals surface area contributed by atoms with Crippen LogP contribution in [-0.2, 0) is 6.42 Å². The van der Waals surface area contributed by atoms with E-state index in [0.717, 1.165) is 42.8 Å². The van der Waals surface area contributed by atoms with Crippen LogP contribution in [0.15, 0.2) is 6.20 Å². The van der Waals surface area contributed by atoms with Crippen LogP contribution in [-0.4, -0.2) is 24.7 Å². The number of hydrogen-bond acceptors (Lipinski definition) is 3. The van der Waals surface area contributed by atoms with Gasteiger partial charge in [0.25, 0.3) is 0 Å². The van der Waals surface area contributed by atoms with Crippen LogP contribution in [0.25, 0.3) is 0 Å². The van der Waals surface area contributed by atoms with Gasteiger partial charge in [0.1, 0.15) is 5.75 Å². The molecule has 120 valence electrons. The Morgan fingerprint density at radius 1 is 1.29 bits per heavy atom. The molecule has 0 aliphatic heterocycles. The Labute approximate surface area is 130 Å². The Morgan fingerprint density at radius 2 is 1.95 bits per heavy atom. The lowest BCUT2D eigenvalue weighted by Crippen LogP contribution is -2.35. The molecule has 3 heteroatoms. The van der Waals surface area contributed by atoms with Gasteiger partial charge in [0.05, 0.1) is 7.11 Å². The zero-order chi connectivity index (χ0) is 16.0. The molecule has 0 aliphatic carbocycles. The van der Waals surface area contributed by atoms with Gasteiger partial charge in [-0.1, -0.05) is 27.7 Å². The monoisotopic (exact) mass is 292 g/mol. The van der Waals surface area contributed by atoms with Crippen LogP contribution in [0.2, 0.25) is 0 Å². The first kappa shape index (κ1) is 18.0. The van der Waals surface area contributed by atoms with Crippen molar-refractivity contribution >= 4 is 0 Å². The van der Waals surface area contributed by atoms with E-state index in [0.29, 0.717) is 11.5 Å². The van der Waals surface area contributed by atoms with E-state index in [2.05, 4.69) is 44.9 Å². The molecule has 0 aromatic carbocycles. The van der Waals surface area contributed by atoms with Crippen LogP contribution in [0.3, 0.4) is 0 Å². The summed E-state index contributed by atoms with van der Waals surface area (Å²) in [7, 11) is 1.74. The third-order valence-corrected chi connectivity index (χ3v) is 3.73. The van der Waals surface area contributed by atoms with Crippen LogP contribution in [0.4, 0.5) is 0 Å². The van der Waals surface area contributed by atoms with Crippen molar-refractivity contribution in [3.05, 3.63) is 23.0 Å². The Morgan fingerprint density at radius 3 is 2.48 bits per heavy atom. The van der Waals surface area contributed by atoms with Crippen molar-refractivity contribution < 1.29 is 4.74 Å². The fourth-order valence-corrected chi connectivity index (χ4v) is 2.81. The Kier molecular flexibility index (Phi) is 6.66. The summed E-state index contributed by atoms with van der Waals surface area (Å²) in [5.74, 6) is 0.977. The second-order valence-electron chi connectivity index (χ2n) is 7.17. The molecule has 0 saturated carbocycles. The van der Waals surface area contributed by atoms with E-state index in [1.807, 2.05) is 13.1 Å². The zero-order valence-corrected chi connectivity index (χ0v) is 14.8. The fraction of sp³-hybridized carbons (Fsp3) is 0.722. The van der Waals surface area contributed by atoms with Gasteiger partial charge >= 0.3 is 0 Å². The van der Waals surface area contributed by atoms with Gasteiger partial charge in [-0.2, -0.15) is 0 Å². The maximum Gasteiger partial charge on any atom is 0.128 e. The number of hydrogen-bond donors (Lipinski definition) is 1. The van der Waals surface area contributed by atoms with E-state index >= 15 is 0 Å². The van der Waals surface area contributed by atoms with Crippen LogP contribution in [0.1, 0.15) is 57.4 Å². The van der Waals surface area contributed by atoms with E-state index in [1.54, 1.807) is 7.11 Å². The highest BCUT2D eigenvalue weighted by molar-refractivity contribution is 5.41. The molecule has 21 heavy (non-hydrogen) atoms. The second kappa shape index (κ2) is 7.79. The van der Waals surface area contributed by atoms with Crippen LogP contribution < -0.4 is 10.1 Å². The van der Waals surface area contributed by atoms with Crippen LogP contribution in [0.5, 0.6) is 5.75 Å². The molecule has 1 aromatic heterocycles. The number of nitrogens with zero attached hydrogens (tertiary/aromatic N) is 1. The normalized spacial score (nSPS) is 13.3. The summed E-state index contributed by atoms with van der Waals surface area (Å²) in [5, 5.41) is 3.67. The molecule has 1 aromatic rings. The summed E-state index contributed by atoms with van der Waals surface area (Å²) >= 11 is 0. The first-order valence-electron chi connectivity index (χ1n) is 8.01. The number of aryl methyl sites for hydroxylation is 1. The summed E-state index contributed by atoms with van der Waals surface area (Å²) in [6.07, 6.45) is 5.18. The SMILES string of the molecule is CCCNC(Cc1ncc(C)c(OC)c1C)CC(C)(C)C. The van der Waals surface area contributed by atoms with Crippen molar-refractivity contribution in [2.24, 2.45) is 5.41 Å². The molecule has 3 nitrogen and oxygen atoms in total. The molecule has 0 saturated heterocycles. The summed E-state index contributed by atoms with van der Waals surface area (Å²) in [6.45, 7) is 14.3. The minimum Gasteiger partial charge on any atom is -0.496 e. The van der Waals surface area contributed by atoms with Crippen LogP contribution in [0, 0.1) is 19.3 Å². The van der Waals surface area contributed by atoms with Gasteiger partial charge in [-0.15, -0.1) is 0 Å². The number of nitrogens with one attached hydrogen (secondary N) is 1. The lowest BCUT2D eigenvalue weighted by atomic mass is 9.86. The number of pyridine rings is 1. The number of rotatable bonds is 7. The molecule has 0 fully saturated rings. The molecule has 0 spiro atoms. The van der Waals surface area contributed by atoms with Crippen molar-refractivity contribution in [2.75, 3.05) is 13.7 Å². The van der Waals surface area contributed by atoms with Gasteiger partial charge in [-0.05, 0) is 38.6 Å². The van der Waals surface area contributed by atoms with E-state index < -0.39 is 0 Å². The highest BCUT2D eigenvalue weighted by Crippen LogP contribution is 2.27. The summed E-state index contributed by atoms with van der Waals surface area (Å²) in [4.78, 5) is 4.64. The maximum atomic E-state index is 5.52. The molecule has 1 unspecified atom stereocenters. The van der Waals surface area contributed by atoms with Gasteiger partial charge in [0.15, 0.2) is 0 Å². The lowest BCUT2D eigenvalue weighted by molar-refractivity contribution is 0.305. The van der Waals surface area contributed by atoms with E-state index in [-0.39, 0.29) is 0 Å². The maximum absolute atomic E-state index is 5.52. The number of ether oxygens (including phenoxy) is 1. The predicted octanol–water partition coefficient (Wildman–Crippen LogP) is 4.05. The highest BCUT2D eigenvalue weighted by Gasteiger charge is 2.20. The standard InChI is InChI=1S/C18H32N2O/c1-8-9-19-15(11-18(4,5)6)10-16-14(3)17(21-7)13(2)12-20-16/h12,15,19H,8-11H2,1-7H3. The van der Waals surface area contributed by atoms with Gasteiger partial charge in [0.2, 0.25) is 0 Å². The van der Waals surface area contributed by atoms with Gasteiger partial charge in [-0.3, -0.25) is 4.98 Å². The van der Waals surface area contributed by atoms with Gasteiger partial charge < -0.3 is 10.1 Å². The topological polar surface area (TPSA) is 34.2 Å². The third kappa shape index (κ3) is 5.66. The number of aromatic nitrogens is 1. The molecular formula is C18H32N2O. The summed E-state index contributed by atoms with van der Waals surface area (Å²) in [6, 6.07) is 0.462. The first-order chi connectivity index (χ1) is 9.78.